The molecule has 0 spiro atoms. The Morgan fingerprint density at radius 2 is 1.76 bits per heavy atom. The van der Waals surface area contributed by atoms with E-state index in [1.54, 1.807) is 30.5 Å². The Bertz CT molecular complexity index is 1130. The third kappa shape index (κ3) is 7.21. The molecule has 1 unspecified atom stereocenters. The van der Waals surface area contributed by atoms with E-state index >= 15 is 0 Å². The predicted octanol–water partition coefficient (Wildman–Crippen LogP) is 2.24. The Balaban J connectivity index is 0.00000380. The highest BCUT2D eigenvalue weighted by Crippen LogP contribution is 2.43. The van der Waals surface area contributed by atoms with Gasteiger partial charge in [0.25, 0.3) is 0 Å². The second-order valence-corrected chi connectivity index (χ2v) is 10.4. The first-order chi connectivity index (χ1) is 17.3. The average Bonchev–Trinajstić information content (AvgIpc) is 3.35. The minimum Gasteiger partial charge on any atom is -1.00 e. The molecule has 4 rings (SSSR count). The van der Waals surface area contributed by atoms with Crippen molar-refractivity contribution in [3.63, 3.8) is 0 Å². The number of hydrogen-bond donors (Lipinski definition) is 2. The van der Waals surface area contributed by atoms with Gasteiger partial charge in [-0.15, -0.1) is 0 Å². The van der Waals surface area contributed by atoms with Crippen molar-refractivity contribution >= 4 is 5.97 Å². The maximum atomic E-state index is 12.0. The monoisotopic (exact) mass is 572 g/mol. The molecule has 1 fully saturated rings. The van der Waals surface area contributed by atoms with Crippen LogP contribution in [0.2, 0.25) is 0 Å². The number of aromatic nitrogens is 1. The quantitative estimate of drug-likeness (QED) is 0.270. The van der Waals surface area contributed by atoms with Gasteiger partial charge in [0.15, 0.2) is 11.4 Å². The minimum atomic E-state index is -1.22. The summed E-state index contributed by atoms with van der Waals surface area (Å²) in [5.74, 6) is 0.948. The molecular weight excluding hydrogens is 536 g/mol. The van der Waals surface area contributed by atoms with Crippen LogP contribution in [0.3, 0.4) is 0 Å². The van der Waals surface area contributed by atoms with Crippen LogP contribution in [0.25, 0.3) is 0 Å². The van der Waals surface area contributed by atoms with Gasteiger partial charge in [-0.1, -0.05) is 49.6 Å². The number of rotatable bonds is 11. The number of carbonyl (C=O) groups is 1. The molecule has 3 aromatic rings. The molecule has 7 nitrogen and oxygen atoms in total. The van der Waals surface area contributed by atoms with Gasteiger partial charge in [-0.2, -0.15) is 0 Å². The van der Waals surface area contributed by atoms with Crippen LogP contribution in [-0.4, -0.2) is 52.9 Å². The van der Waals surface area contributed by atoms with E-state index in [1.165, 1.54) is 6.42 Å². The summed E-state index contributed by atoms with van der Waals surface area (Å²) >= 11 is 0. The first-order valence-corrected chi connectivity index (χ1v) is 12.8. The van der Waals surface area contributed by atoms with Crippen LogP contribution in [0.5, 0.6) is 5.75 Å². The number of nitrogens with zero attached hydrogens (tertiary/aromatic N) is 2. The molecule has 8 heteroatoms. The molecule has 1 saturated carbocycles. The molecule has 2 N–H and O–H groups in total. The van der Waals surface area contributed by atoms with Crippen LogP contribution in [-0.2, 0) is 12.1 Å². The number of quaternary nitrogens is 1. The normalized spacial score (nSPS) is 16.0. The Hall–Kier alpha value is -2.68. The summed E-state index contributed by atoms with van der Waals surface area (Å²) in [6.45, 7) is 2.04. The number of benzene rings is 2. The number of hydrogen-bond acceptors (Lipinski definition) is 5. The number of aliphatic hydroxyl groups is 1. The van der Waals surface area contributed by atoms with E-state index in [-0.39, 0.29) is 28.5 Å². The molecule has 0 radical (unpaired) electrons. The maximum absolute atomic E-state index is 12.0. The highest BCUT2D eigenvalue weighted by Gasteiger charge is 2.44. The molecule has 0 aliphatic heterocycles. The molecule has 2 aromatic carbocycles. The van der Waals surface area contributed by atoms with Crippen LogP contribution in [0, 0.1) is 5.92 Å². The number of halogens is 1. The standard InChI is InChI=1S/C29H36N2O5.BrH/c1-31(2,18-9-19-35-25-16-14-22(15-17-25)27(32)33)21-26-20-30-28(36-26)29(34,23-10-5-3-6-11-23)24-12-7-4-8-13-24;/h3,5-6,10-11,14-17,20,24,34H,4,7-9,12-13,18-19,21H2,1-2H3;1H. The number of carboxylic acid groups (broad SMARTS) is 1. The van der Waals surface area contributed by atoms with E-state index in [1.807, 2.05) is 30.3 Å². The lowest BCUT2D eigenvalue weighted by Crippen LogP contribution is -3.00. The van der Waals surface area contributed by atoms with Crippen LogP contribution < -0.4 is 21.7 Å². The minimum absolute atomic E-state index is 0. The van der Waals surface area contributed by atoms with Crippen molar-refractivity contribution in [3.8, 4) is 5.75 Å². The largest absolute Gasteiger partial charge is 1.00 e. The molecule has 0 saturated heterocycles. The van der Waals surface area contributed by atoms with Gasteiger partial charge >= 0.3 is 5.97 Å². The second kappa shape index (κ2) is 12.7. The van der Waals surface area contributed by atoms with Crippen LogP contribution in [0.1, 0.15) is 66.1 Å². The van der Waals surface area contributed by atoms with Crippen LogP contribution in [0.4, 0.5) is 0 Å². The number of aromatic carboxylic acids is 1. The zero-order valence-electron chi connectivity index (χ0n) is 21.6. The molecule has 1 aliphatic rings. The maximum Gasteiger partial charge on any atom is 0.335 e. The molecule has 0 amide bonds. The molecule has 1 aliphatic carbocycles. The molecule has 0 bridgehead atoms. The van der Waals surface area contributed by atoms with Gasteiger partial charge in [0.05, 0.1) is 39.0 Å². The zero-order valence-corrected chi connectivity index (χ0v) is 23.2. The van der Waals surface area contributed by atoms with Gasteiger partial charge in [0.1, 0.15) is 12.3 Å². The number of ether oxygens (including phenoxy) is 1. The summed E-state index contributed by atoms with van der Waals surface area (Å²) < 4.78 is 12.7. The Morgan fingerprint density at radius 3 is 2.41 bits per heavy atom. The molecule has 1 aromatic heterocycles. The Morgan fingerprint density at radius 1 is 1.08 bits per heavy atom. The lowest BCUT2D eigenvalue weighted by molar-refractivity contribution is -0.904. The second-order valence-electron chi connectivity index (χ2n) is 10.4. The van der Waals surface area contributed by atoms with Gasteiger partial charge in [-0.25, -0.2) is 9.78 Å². The first kappa shape index (κ1) is 28.9. The van der Waals surface area contributed by atoms with Gasteiger partial charge in [0.2, 0.25) is 5.89 Å². The van der Waals surface area contributed by atoms with Crippen molar-refractivity contribution in [2.75, 3.05) is 27.2 Å². The fourth-order valence-electron chi connectivity index (χ4n) is 5.18. The first-order valence-electron chi connectivity index (χ1n) is 12.8. The van der Waals surface area contributed by atoms with Gasteiger partial charge in [-0.05, 0) is 42.7 Å². The van der Waals surface area contributed by atoms with E-state index in [9.17, 15) is 9.90 Å². The molecular formula is C29H37BrN2O5. The van der Waals surface area contributed by atoms with Crippen LogP contribution >= 0.6 is 0 Å². The number of oxazole rings is 1. The molecule has 200 valence electrons. The fraction of sp³-hybridized carbons (Fsp3) is 0.448. The summed E-state index contributed by atoms with van der Waals surface area (Å²) in [4.78, 5) is 15.6. The topological polar surface area (TPSA) is 92.8 Å². The molecule has 37 heavy (non-hydrogen) atoms. The van der Waals surface area contributed by atoms with Crippen molar-refractivity contribution in [1.29, 1.82) is 0 Å². The summed E-state index contributed by atoms with van der Waals surface area (Å²) in [5.41, 5.74) is -0.136. The predicted molar refractivity (Wildman–Crippen MR) is 137 cm³/mol. The van der Waals surface area contributed by atoms with Crippen LogP contribution in [0.15, 0.2) is 65.2 Å². The number of carboxylic acids is 1. The SMILES string of the molecule is C[N+](C)(CCCOc1ccc(C(=O)O)cc1)Cc1cnc(C(O)(c2ccccc2)C2CCCCC2)o1.[Br-]. The van der Waals surface area contributed by atoms with E-state index in [0.29, 0.717) is 29.3 Å². The highest BCUT2D eigenvalue weighted by molar-refractivity contribution is 5.87. The van der Waals surface area contributed by atoms with Crippen molar-refractivity contribution in [1.82, 2.24) is 4.98 Å². The van der Waals surface area contributed by atoms with Gasteiger partial charge in [-0.3, -0.25) is 0 Å². The lowest BCUT2D eigenvalue weighted by Gasteiger charge is -2.36. The summed E-state index contributed by atoms with van der Waals surface area (Å²) in [5, 5.41) is 21.0. The van der Waals surface area contributed by atoms with Crippen molar-refractivity contribution < 1.29 is 45.6 Å². The third-order valence-electron chi connectivity index (χ3n) is 7.15. The molecule has 1 heterocycles. The zero-order chi connectivity index (χ0) is 25.6. The van der Waals surface area contributed by atoms with E-state index in [2.05, 4.69) is 19.1 Å². The van der Waals surface area contributed by atoms with Gasteiger partial charge in [0, 0.05) is 12.3 Å². The van der Waals surface area contributed by atoms with E-state index in [0.717, 1.165) is 50.0 Å². The van der Waals surface area contributed by atoms with E-state index < -0.39 is 11.6 Å². The lowest BCUT2D eigenvalue weighted by atomic mass is 9.73. The van der Waals surface area contributed by atoms with E-state index in [4.69, 9.17) is 14.3 Å². The fourth-order valence-corrected chi connectivity index (χ4v) is 5.18. The highest BCUT2D eigenvalue weighted by atomic mass is 79.9. The van der Waals surface area contributed by atoms with Crippen molar-refractivity contribution in [3.05, 3.63) is 83.6 Å². The average molecular weight is 574 g/mol. The summed E-state index contributed by atoms with van der Waals surface area (Å²) in [7, 11) is 4.27. The summed E-state index contributed by atoms with van der Waals surface area (Å²) in [6, 6.07) is 16.2. The van der Waals surface area contributed by atoms with Crippen molar-refractivity contribution in [2.24, 2.45) is 5.92 Å². The summed E-state index contributed by atoms with van der Waals surface area (Å²) in [6.07, 6.45) is 7.94. The smallest absolute Gasteiger partial charge is 0.335 e. The third-order valence-corrected chi connectivity index (χ3v) is 7.15. The molecule has 1 atom stereocenters. The van der Waals surface area contributed by atoms with Crippen molar-refractivity contribution in [2.45, 2.75) is 50.7 Å². The Kier molecular flexibility index (Phi) is 9.93. The Labute approximate surface area is 229 Å². The van der Waals surface area contributed by atoms with Gasteiger partial charge < -0.3 is 40.8 Å².